The standard InChI is InChI=1S/C16H17ClN2O3/c1-19(10-16(20)21)9-13-7-14(17)4-5-15(13)22-11-12-3-2-6-18-8-12/h2-8H,9-11H2,1H3,(H,20,21). The molecule has 0 saturated carbocycles. The number of aromatic nitrogens is 1. The molecule has 0 aliphatic carbocycles. The van der Waals surface area contributed by atoms with Gasteiger partial charge in [-0.25, -0.2) is 0 Å². The summed E-state index contributed by atoms with van der Waals surface area (Å²) in [7, 11) is 1.74. The molecule has 0 unspecified atom stereocenters. The summed E-state index contributed by atoms with van der Waals surface area (Å²) in [5.41, 5.74) is 1.81. The normalized spacial score (nSPS) is 10.7. The number of carboxylic acid groups (broad SMARTS) is 1. The van der Waals surface area contributed by atoms with Crippen molar-refractivity contribution in [1.82, 2.24) is 9.88 Å². The Kier molecular flexibility index (Phi) is 5.75. The first-order valence-electron chi connectivity index (χ1n) is 6.75. The van der Waals surface area contributed by atoms with E-state index < -0.39 is 5.97 Å². The fraction of sp³-hybridized carbons (Fsp3) is 0.250. The zero-order chi connectivity index (χ0) is 15.9. The van der Waals surface area contributed by atoms with Crippen LogP contribution in [0.5, 0.6) is 5.75 Å². The van der Waals surface area contributed by atoms with Gasteiger partial charge in [0.1, 0.15) is 12.4 Å². The first-order chi connectivity index (χ1) is 10.5. The molecule has 22 heavy (non-hydrogen) atoms. The average Bonchev–Trinajstić information content (AvgIpc) is 2.46. The van der Waals surface area contributed by atoms with Gasteiger partial charge in [0.25, 0.3) is 0 Å². The van der Waals surface area contributed by atoms with E-state index in [0.29, 0.717) is 23.9 Å². The molecule has 116 valence electrons. The Morgan fingerprint density at radius 3 is 2.91 bits per heavy atom. The number of rotatable bonds is 7. The van der Waals surface area contributed by atoms with E-state index in [0.717, 1.165) is 11.1 Å². The van der Waals surface area contributed by atoms with Crippen LogP contribution in [0.3, 0.4) is 0 Å². The zero-order valence-electron chi connectivity index (χ0n) is 12.2. The second-order valence-electron chi connectivity index (χ2n) is 4.97. The van der Waals surface area contributed by atoms with E-state index in [1.807, 2.05) is 12.1 Å². The first kappa shape index (κ1) is 16.3. The number of likely N-dealkylation sites (N-methyl/N-ethyl adjacent to an activating group) is 1. The van der Waals surface area contributed by atoms with Gasteiger partial charge in [-0.3, -0.25) is 14.7 Å². The molecule has 0 bridgehead atoms. The molecule has 0 saturated heterocycles. The SMILES string of the molecule is CN(CC(=O)O)Cc1cc(Cl)ccc1OCc1cccnc1. The lowest BCUT2D eigenvalue weighted by molar-refractivity contribution is -0.138. The topological polar surface area (TPSA) is 62.7 Å². The van der Waals surface area contributed by atoms with Crippen LogP contribution in [0.2, 0.25) is 5.02 Å². The molecule has 1 heterocycles. The quantitative estimate of drug-likeness (QED) is 0.850. The van der Waals surface area contributed by atoms with Gasteiger partial charge < -0.3 is 9.84 Å². The second kappa shape index (κ2) is 7.77. The number of hydrogen-bond donors (Lipinski definition) is 1. The fourth-order valence-corrected chi connectivity index (χ4v) is 2.23. The molecule has 0 aliphatic rings. The lowest BCUT2D eigenvalue weighted by Crippen LogP contribution is -2.25. The van der Waals surface area contributed by atoms with E-state index in [1.165, 1.54) is 0 Å². The number of aliphatic carboxylic acids is 1. The third kappa shape index (κ3) is 5.02. The van der Waals surface area contributed by atoms with Gasteiger partial charge in [0.2, 0.25) is 0 Å². The summed E-state index contributed by atoms with van der Waals surface area (Å²) in [5, 5.41) is 9.42. The van der Waals surface area contributed by atoms with Crippen LogP contribution in [0.4, 0.5) is 0 Å². The molecule has 0 aliphatic heterocycles. The highest BCUT2D eigenvalue weighted by molar-refractivity contribution is 6.30. The lowest BCUT2D eigenvalue weighted by atomic mass is 10.2. The van der Waals surface area contributed by atoms with Crippen LogP contribution in [0.25, 0.3) is 0 Å². The van der Waals surface area contributed by atoms with Crippen LogP contribution in [-0.4, -0.2) is 34.6 Å². The molecule has 1 N–H and O–H groups in total. The Morgan fingerprint density at radius 2 is 2.23 bits per heavy atom. The van der Waals surface area contributed by atoms with Gasteiger partial charge in [-0.05, 0) is 31.3 Å². The molecule has 0 atom stereocenters. The third-order valence-corrected chi connectivity index (χ3v) is 3.22. The second-order valence-corrected chi connectivity index (χ2v) is 5.40. The molecule has 2 rings (SSSR count). The molecule has 0 amide bonds. The average molecular weight is 321 g/mol. The van der Waals surface area contributed by atoms with E-state index in [-0.39, 0.29) is 6.54 Å². The Hall–Kier alpha value is -2.11. The lowest BCUT2D eigenvalue weighted by Gasteiger charge is -2.17. The van der Waals surface area contributed by atoms with Gasteiger partial charge >= 0.3 is 5.97 Å². The highest BCUT2D eigenvalue weighted by Gasteiger charge is 2.10. The highest BCUT2D eigenvalue weighted by Crippen LogP contribution is 2.25. The van der Waals surface area contributed by atoms with Crippen LogP contribution in [0.1, 0.15) is 11.1 Å². The summed E-state index contributed by atoms with van der Waals surface area (Å²) >= 11 is 6.02. The molecule has 5 nitrogen and oxygen atoms in total. The number of carboxylic acids is 1. The van der Waals surface area contributed by atoms with Gasteiger partial charge in [0.15, 0.2) is 0 Å². The van der Waals surface area contributed by atoms with Crippen LogP contribution < -0.4 is 4.74 Å². The largest absolute Gasteiger partial charge is 0.489 e. The van der Waals surface area contributed by atoms with Crippen molar-refractivity contribution in [3.63, 3.8) is 0 Å². The van der Waals surface area contributed by atoms with E-state index in [2.05, 4.69) is 4.98 Å². The summed E-state index contributed by atoms with van der Waals surface area (Å²) in [6.45, 7) is 0.787. The molecular weight excluding hydrogens is 304 g/mol. The Labute approximate surface area is 134 Å². The van der Waals surface area contributed by atoms with Gasteiger partial charge in [-0.15, -0.1) is 0 Å². The smallest absolute Gasteiger partial charge is 0.317 e. The van der Waals surface area contributed by atoms with Gasteiger partial charge in [-0.1, -0.05) is 17.7 Å². The molecule has 0 spiro atoms. The zero-order valence-corrected chi connectivity index (χ0v) is 13.0. The molecule has 0 radical (unpaired) electrons. The van der Waals surface area contributed by atoms with Crippen molar-refractivity contribution in [3.8, 4) is 5.75 Å². The molecular formula is C16H17ClN2O3. The van der Waals surface area contributed by atoms with Crippen LogP contribution in [-0.2, 0) is 17.9 Å². The number of halogens is 1. The molecule has 1 aromatic carbocycles. The maximum absolute atomic E-state index is 10.8. The predicted molar refractivity (Wildman–Crippen MR) is 84.0 cm³/mol. The molecule has 6 heteroatoms. The predicted octanol–water partition coefficient (Wildman–Crippen LogP) is 2.83. The minimum absolute atomic E-state index is 0.0471. The van der Waals surface area contributed by atoms with E-state index in [4.69, 9.17) is 21.4 Å². The number of benzene rings is 1. The Bertz CT molecular complexity index is 635. The van der Waals surface area contributed by atoms with E-state index in [9.17, 15) is 4.79 Å². The van der Waals surface area contributed by atoms with Crippen molar-refractivity contribution in [2.45, 2.75) is 13.2 Å². The molecule has 2 aromatic rings. The van der Waals surface area contributed by atoms with Gasteiger partial charge in [0.05, 0.1) is 6.54 Å². The third-order valence-electron chi connectivity index (χ3n) is 2.99. The molecule has 0 fully saturated rings. The van der Waals surface area contributed by atoms with Crippen molar-refractivity contribution < 1.29 is 14.6 Å². The Morgan fingerprint density at radius 1 is 1.41 bits per heavy atom. The van der Waals surface area contributed by atoms with Crippen molar-refractivity contribution in [3.05, 3.63) is 58.9 Å². The minimum atomic E-state index is -0.873. The van der Waals surface area contributed by atoms with Crippen molar-refractivity contribution in [1.29, 1.82) is 0 Å². The van der Waals surface area contributed by atoms with Gasteiger partial charge in [0, 0.05) is 35.1 Å². The summed E-state index contributed by atoms with van der Waals surface area (Å²) in [6.07, 6.45) is 3.45. The number of carbonyl (C=O) groups is 1. The van der Waals surface area contributed by atoms with Gasteiger partial charge in [-0.2, -0.15) is 0 Å². The van der Waals surface area contributed by atoms with Crippen molar-refractivity contribution in [2.24, 2.45) is 0 Å². The van der Waals surface area contributed by atoms with E-state index in [1.54, 1.807) is 42.5 Å². The highest BCUT2D eigenvalue weighted by atomic mass is 35.5. The fourth-order valence-electron chi connectivity index (χ4n) is 2.03. The minimum Gasteiger partial charge on any atom is -0.489 e. The summed E-state index contributed by atoms with van der Waals surface area (Å²) in [5.74, 6) is -0.187. The van der Waals surface area contributed by atoms with Crippen LogP contribution in [0, 0.1) is 0 Å². The van der Waals surface area contributed by atoms with Crippen LogP contribution in [0.15, 0.2) is 42.7 Å². The number of hydrogen-bond acceptors (Lipinski definition) is 4. The summed E-state index contributed by atoms with van der Waals surface area (Å²) in [4.78, 5) is 16.5. The Balaban J connectivity index is 2.08. The maximum atomic E-state index is 10.8. The summed E-state index contributed by atoms with van der Waals surface area (Å²) in [6, 6.07) is 9.11. The van der Waals surface area contributed by atoms with Crippen molar-refractivity contribution >= 4 is 17.6 Å². The number of pyridine rings is 1. The monoisotopic (exact) mass is 320 g/mol. The molecule has 1 aromatic heterocycles. The number of nitrogens with zero attached hydrogens (tertiary/aromatic N) is 2. The van der Waals surface area contributed by atoms with Crippen molar-refractivity contribution in [2.75, 3.05) is 13.6 Å². The first-order valence-corrected chi connectivity index (χ1v) is 7.13. The maximum Gasteiger partial charge on any atom is 0.317 e. The number of ether oxygens (including phenoxy) is 1. The summed E-state index contributed by atoms with van der Waals surface area (Å²) < 4.78 is 5.81. The van der Waals surface area contributed by atoms with Crippen LogP contribution >= 0.6 is 11.6 Å². The van der Waals surface area contributed by atoms with E-state index >= 15 is 0 Å².